The van der Waals surface area contributed by atoms with Gasteiger partial charge in [0.2, 0.25) is 0 Å². The highest BCUT2D eigenvalue weighted by Gasteiger charge is 2.42. The zero-order valence-corrected chi connectivity index (χ0v) is 13.8. The lowest BCUT2D eigenvalue weighted by Gasteiger charge is -2.12. The normalized spacial score (nSPS) is 19.3. The molecule has 1 aromatic carbocycles. The Balaban J connectivity index is 1.67. The van der Waals surface area contributed by atoms with Gasteiger partial charge in [-0.1, -0.05) is 17.7 Å². The van der Waals surface area contributed by atoms with Crippen molar-refractivity contribution in [1.82, 2.24) is 14.6 Å². The summed E-state index contributed by atoms with van der Waals surface area (Å²) in [6.07, 6.45) is -0.830. The van der Waals surface area contributed by atoms with Crippen molar-refractivity contribution in [1.29, 1.82) is 5.26 Å². The van der Waals surface area contributed by atoms with Gasteiger partial charge in [-0.2, -0.15) is 10.4 Å². The van der Waals surface area contributed by atoms with Crippen molar-refractivity contribution in [3.63, 3.8) is 0 Å². The summed E-state index contributed by atoms with van der Waals surface area (Å²) in [5.41, 5.74) is 2.07. The molecule has 9 heteroatoms. The largest absolute Gasteiger partial charge is 0.573 e. The summed E-state index contributed by atoms with van der Waals surface area (Å²) in [5, 5.41) is 13.4. The smallest absolute Gasteiger partial charge is 0.404 e. The minimum Gasteiger partial charge on any atom is -0.404 e. The third-order valence-electron chi connectivity index (χ3n) is 4.33. The number of benzene rings is 1. The maximum Gasteiger partial charge on any atom is 0.573 e. The van der Waals surface area contributed by atoms with E-state index in [9.17, 15) is 13.2 Å². The zero-order valence-electron chi connectivity index (χ0n) is 13.0. The van der Waals surface area contributed by atoms with E-state index in [0.29, 0.717) is 16.4 Å². The Bertz CT molecular complexity index is 1040. The first-order valence-corrected chi connectivity index (χ1v) is 8.03. The molecule has 132 valence electrons. The molecule has 0 bridgehead atoms. The van der Waals surface area contributed by atoms with Gasteiger partial charge in [-0.25, -0.2) is 9.50 Å². The fraction of sp³-hybridized carbons (Fsp3) is 0.235. The molecule has 2 heterocycles. The summed E-state index contributed by atoms with van der Waals surface area (Å²) < 4.78 is 43.3. The number of hydrogen-bond donors (Lipinski definition) is 0. The zero-order chi connectivity index (χ0) is 18.5. The Labute approximate surface area is 150 Å². The van der Waals surface area contributed by atoms with Crippen LogP contribution >= 0.6 is 11.6 Å². The molecule has 5 nitrogen and oxygen atoms in total. The van der Waals surface area contributed by atoms with Crippen molar-refractivity contribution >= 4 is 17.2 Å². The fourth-order valence-corrected chi connectivity index (χ4v) is 3.36. The molecule has 0 spiro atoms. The predicted octanol–water partition coefficient (Wildman–Crippen LogP) is 4.42. The number of nitrogens with zero attached hydrogens (tertiary/aromatic N) is 4. The van der Waals surface area contributed by atoms with Gasteiger partial charge in [0.05, 0.1) is 5.56 Å². The van der Waals surface area contributed by atoms with Gasteiger partial charge in [-0.15, -0.1) is 13.2 Å². The van der Waals surface area contributed by atoms with Crippen LogP contribution in [-0.2, 0) is 0 Å². The van der Waals surface area contributed by atoms with Crippen LogP contribution in [0.25, 0.3) is 5.65 Å². The molecule has 26 heavy (non-hydrogen) atoms. The van der Waals surface area contributed by atoms with Crippen LogP contribution in [-0.4, -0.2) is 21.0 Å². The summed E-state index contributed by atoms with van der Waals surface area (Å²) in [5.74, 6) is -0.425. The predicted molar refractivity (Wildman–Crippen MR) is 85.9 cm³/mol. The van der Waals surface area contributed by atoms with Gasteiger partial charge in [0.15, 0.2) is 5.65 Å². The van der Waals surface area contributed by atoms with Gasteiger partial charge in [-0.05, 0) is 42.0 Å². The Morgan fingerprint density at radius 3 is 2.81 bits per heavy atom. The second-order valence-electron chi connectivity index (χ2n) is 5.98. The molecule has 3 aromatic rings. The van der Waals surface area contributed by atoms with E-state index >= 15 is 0 Å². The van der Waals surface area contributed by atoms with Crippen LogP contribution in [0.15, 0.2) is 36.7 Å². The van der Waals surface area contributed by atoms with Crippen LogP contribution in [0.2, 0.25) is 5.15 Å². The van der Waals surface area contributed by atoms with E-state index in [-0.39, 0.29) is 17.4 Å². The van der Waals surface area contributed by atoms with Gasteiger partial charge < -0.3 is 4.74 Å². The topological polar surface area (TPSA) is 63.2 Å². The van der Waals surface area contributed by atoms with Crippen LogP contribution in [0.3, 0.4) is 0 Å². The van der Waals surface area contributed by atoms with E-state index in [4.69, 9.17) is 16.9 Å². The molecule has 0 amide bonds. The molecule has 0 unspecified atom stereocenters. The summed E-state index contributed by atoms with van der Waals surface area (Å²) in [4.78, 5) is 4.27. The van der Waals surface area contributed by atoms with Crippen LogP contribution in [0.4, 0.5) is 13.2 Å². The summed E-state index contributed by atoms with van der Waals surface area (Å²) in [6.45, 7) is 0. The van der Waals surface area contributed by atoms with Gasteiger partial charge >= 0.3 is 6.36 Å². The average Bonchev–Trinajstić information content (AvgIpc) is 3.22. The third kappa shape index (κ3) is 3.06. The Morgan fingerprint density at radius 2 is 2.08 bits per heavy atom. The molecule has 1 saturated carbocycles. The lowest BCUT2D eigenvalue weighted by atomic mass is 10.0. The molecule has 2 atom stereocenters. The van der Waals surface area contributed by atoms with Gasteiger partial charge in [0.1, 0.15) is 17.0 Å². The number of rotatable bonds is 3. The highest BCUT2D eigenvalue weighted by molar-refractivity contribution is 6.29. The second-order valence-corrected chi connectivity index (χ2v) is 6.37. The maximum absolute atomic E-state index is 12.6. The lowest BCUT2D eigenvalue weighted by molar-refractivity contribution is -0.274. The number of nitriles is 1. The monoisotopic (exact) mass is 378 g/mol. The number of ether oxygens (including phenoxy) is 1. The summed E-state index contributed by atoms with van der Waals surface area (Å²) in [7, 11) is 0. The first-order chi connectivity index (χ1) is 12.4. The molecular weight excluding hydrogens is 369 g/mol. The van der Waals surface area contributed by atoms with Crippen molar-refractivity contribution in [2.75, 3.05) is 0 Å². The van der Waals surface area contributed by atoms with Crippen LogP contribution in [0, 0.1) is 11.3 Å². The van der Waals surface area contributed by atoms with E-state index < -0.39 is 12.1 Å². The Morgan fingerprint density at radius 1 is 1.27 bits per heavy atom. The average molecular weight is 379 g/mol. The number of hydrogen-bond acceptors (Lipinski definition) is 4. The molecule has 0 aliphatic heterocycles. The number of halogens is 4. The molecule has 4 rings (SSSR count). The molecule has 1 aliphatic carbocycles. The van der Waals surface area contributed by atoms with Crippen molar-refractivity contribution in [3.05, 3.63) is 58.5 Å². The van der Waals surface area contributed by atoms with Crippen LogP contribution < -0.4 is 4.74 Å². The quantitative estimate of drug-likeness (QED) is 0.676. The second kappa shape index (κ2) is 5.88. The molecule has 0 saturated heterocycles. The molecule has 1 aliphatic rings. The number of alkyl halides is 3. The van der Waals surface area contributed by atoms with E-state index in [2.05, 4.69) is 14.8 Å². The lowest BCUT2D eigenvalue weighted by Crippen LogP contribution is -2.18. The third-order valence-corrected chi connectivity index (χ3v) is 4.51. The first-order valence-electron chi connectivity index (χ1n) is 7.65. The minimum absolute atomic E-state index is 0.00251. The number of aromatic nitrogens is 3. The van der Waals surface area contributed by atoms with E-state index in [0.717, 1.165) is 12.0 Å². The van der Waals surface area contributed by atoms with Crippen molar-refractivity contribution < 1.29 is 17.9 Å². The Kier molecular flexibility index (Phi) is 3.77. The SMILES string of the molecule is N#Cc1ccc([C@H]2C[C@@H]2c2cc(Cl)nn3ccnc23)cc1OC(F)(F)F. The van der Waals surface area contributed by atoms with E-state index in [1.807, 2.05) is 0 Å². The van der Waals surface area contributed by atoms with E-state index in [1.165, 1.54) is 12.1 Å². The summed E-state index contributed by atoms with van der Waals surface area (Å²) in [6, 6.07) is 7.71. The van der Waals surface area contributed by atoms with Gasteiger partial charge in [-0.3, -0.25) is 0 Å². The fourth-order valence-electron chi connectivity index (χ4n) is 3.16. The highest BCUT2D eigenvalue weighted by Crippen LogP contribution is 2.56. The van der Waals surface area contributed by atoms with Crippen LogP contribution in [0.5, 0.6) is 5.75 Å². The van der Waals surface area contributed by atoms with Gasteiger partial charge in [0.25, 0.3) is 0 Å². The molecule has 0 radical (unpaired) electrons. The number of imidazole rings is 1. The standard InChI is InChI=1S/C17H10ClF3N4O/c18-15-7-13(16-23-3-4-25(16)24-15)12-6-11(12)9-1-2-10(8-22)14(5-9)26-17(19,20)21/h1-5,7,11-12H,6H2/t11-,12+/m1/s1. The first kappa shape index (κ1) is 16.7. The van der Waals surface area contributed by atoms with Crippen molar-refractivity contribution in [3.8, 4) is 11.8 Å². The number of fused-ring (bicyclic) bond motifs is 1. The highest BCUT2D eigenvalue weighted by atomic mass is 35.5. The molecular formula is C17H10ClF3N4O. The Hall–Kier alpha value is -2.79. The van der Waals surface area contributed by atoms with Crippen molar-refractivity contribution in [2.24, 2.45) is 0 Å². The van der Waals surface area contributed by atoms with E-state index in [1.54, 1.807) is 35.1 Å². The minimum atomic E-state index is -4.85. The molecule has 1 fully saturated rings. The maximum atomic E-state index is 12.6. The molecule has 2 aromatic heterocycles. The molecule has 0 N–H and O–H groups in total. The summed E-state index contributed by atoms with van der Waals surface area (Å²) >= 11 is 6.04. The van der Waals surface area contributed by atoms with Crippen molar-refractivity contribution in [2.45, 2.75) is 24.6 Å². The van der Waals surface area contributed by atoms with Gasteiger partial charge in [0, 0.05) is 18.0 Å². The van der Waals surface area contributed by atoms with Crippen LogP contribution in [0.1, 0.15) is 34.9 Å².